The van der Waals surface area contributed by atoms with Crippen LogP contribution in [0.3, 0.4) is 0 Å². The first kappa shape index (κ1) is 12.0. The van der Waals surface area contributed by atoms with E-state index in [9.17, 15) is 10.2 Å². The lowest BCUT2D eigenvalue weighted by molar-refractivity contribution is 0.387. The molecule has 17 heavy (non-hydrogen) atoms. The maximum atomic E-state index is 9.78. The van der Waals surface area contributed by atoms with Gasteiger partial charge in [-0.15, -0.1) is 0 Å². The Bertz CT molecular complexity index is 394. The number of benzene rings is 1. The number of phenolic OH excluding ortho intramolecular Hbond substituents is 2. The van der Waals surface area contributed by atoms with Crippen molar-refractivity contribution in [1.29, 1.82) is 0 Å². The fourth-order valence-electron chi connectivity index (χ4n) is 2.37. The van der Waals surface area contributed by atoms with Gasteiger partial charge in [0.1, 0.15) is 11.5 Å². The van der Waals surface area contributed by atoms with Gasteiger partial charge < -0.3 is 15.5 Å². The molecule has 0 aromatic heterocycles. The van der Waals surface area contributed by atoms with Crippen LogP contribution in [0.5, 0.6) is 11.5 Å². The number of nitrogens with one attached hydrogen (secondary N) is 1. The summed E-state index contributed by atoms with van der Waals surface area (Å²) in [6.45, 7) is 1.97. The molecule has 0 spiro atoms. The summed E-state index contributed by atoms with van der Waals surface area (Å²) in [4.78, 5) is 0. The summed E-state index contributed by atoms with van der Waals surface area (Å²) in [7, 11) is 0. The Morgan fingerprint density at radius 2 is 1.94 bits per heavy atom. The molecular weight excluding hydrogens is 214 g/mol. The third kappa shape index (κ3) is 2.80. The molecule has 0 amide bonds. The van der Waals surface area contributed by atoms with Gasteiger partial charge in [-0.3, -0.25) is 0 Å². The van der Waals surface area contributed by atoms with E-state index in [1.807, 2.05) is 6.92 Å². The molecular formula is C14H19NO2. The molecule has 3 N–H and O–H groups in total. The summed E-state index contributed by atoms with van der Waals surface area (Å²) in [5.74, 6) is 0.299. The minimum Gasteiger partial charge on any atom is -0.507 e. The van der Waals surface area contributed by atoms with E-state index in [1.165, 1.54) is 0 Å². The van der Waals surface area contributed by atoms with Gasteiger partial charge in [0.05, 0.1) is 5.56 Å². The summed E-state index contributed by atoms with van der Waals surface area (Å²) in [5, 5.41) is 23.0. The van der Waals surface area contributed by atoms with Crippen molar-refractivity contribution in [3.8, 4) is 11.5 Å². The number of phenols is 2. The van der Waals surface area contributed by atoms with E-state index < -0.39 is 0 Å². The second kappa shape index (κ2) is 5.23. The molecule has 1 aliphatic carbocycles. The monoisotopic (exact) mass is 233 g/mol. The second-order valence-electron chi connectivity index (χ2n) is 4.58. The smallest absolute Gasteiger partial charge is 0.124 e. The van der Waals surface area contributed by atoms with Gasteiger partial charge in [0.25, 0.3) is 0 Å². The lowest BCUT2D eigenvalue weighted by Crippen LogP contribution is -2.32. The molecule has 0 bridgehead atoms. The van der Waals surface area contributed by atoms with Crippen molar-refractivity contribution in [3.63, 3.8) is 0 Å². The van der Waals surface area contributed by atoms with Gasteiger partial charge in [0.2, 0.25) is 0 Å². The predicted octanol–water partition coefficient (Wildman–Crippen LogP) is 2.86. The number of hydrogen-bond acceptors (Lipinski definition) is 3. The zero-order valence-corrected chi connectivity index (χ0v) is 10.1. The largest absolute Gasteiger partial charge is 0.507 e. The summed E-state index contributed by atoms with van der Waals surface area (Å²) in [6.07, 6.45) is 7.59. The Hall–Kier alpha value is -1.48. The third-order valence-electron chi connectivity index (χ3n) is 3.25. The van der Waals surface area contributed by atoms with Crippen LogP contribution in [0.15, 0.2) is 30.4 Å². The number of rotatable bonds is 3. The second-order valence-corrected chi connectivity index (χ2v) is 4.58. The highest BCUT2D eigenvalue weighted by Crippen LogP contribution is 2.32. The van der Waals surface area contributed by atoms with Gasteiger partial charge in [-0.05, 0) is 38.3 Å². The molecule has 1 aromatic carbocycles. The summed E-state index contributed by atoms with van der Waals surface area (Å²) < 4.78 is 0. The zero-order chi connectivity index (χ0) is 12.3. The summed E-state index contributed by atoms with van der Waals surface area (Å²) in [5.41, 5.74) is 0.585. The summed E-state index contributed by atoms with van der Waals surface area (Å²) >= 11 is 0. The molecule has 0 fully saturated rings. The first-order chi connectivity index (χ1) is 8.18. The van der Waals surface area contributed by atoms with Crippen LogP contribution in [0.1, 0.15) is 37.8 Å². The van der Waals surface area contributed by atoms with Crippen LogP contribution < -0.4 is 5.32 Å². The molecule has 2 rings (SSSR count). The minimum absolute atomic E-state index is 0.0484. The molecule has 0 saturated carbocycles. The molecule has 1 aliphatic rings. The zero-order valence-electron chi connectivity index (χ0n) is 10.1. The molecule has 1 aromatic rings. The average molecular weight is 233 g/mol. The van der Waals surface area contributed by atoms with Gasteiger partial charge in [-0.25, -0.2) is 0 Å². The maximum Gasteiger partial charge on any atom is 0.124 e. The first-order valence-corrected chi connectivity index (χ1v) is 6.10. The van der Waals surface area contributed by atoms with Gasteiger partial charge in [0.15, 0.2) is 0 Å². The quantitative estimate of drug-likeness (QED) is 0.704. The van der Waals surface area contributed by atoms with Crippen LogP contribution in [0.2, 0.25) is 0 Å². The molecule has 0 saturated heterocycles. The van der Waals surface area contributed by atoms with Crippen LogP contribution in [0.25, 0.3) is 0 Å². The SMILES string of the molecule is CC(NC1CC=CCC1)c1c(O)cccc1O. The van der Waals surface area contributed by atoms with E-state index in [0.717, 1.165) is 19.3 Å². The highest BCUT2D eigenvalue weighted by atomic mass is 16.3. The fraction of sp³-hybridized carbons (Fsp3) is 0.429. The van der Waals surface area contributed by atoms with Crippen molar-refractivity contribution in [2.45, 2.75) is 38.3 Å². The van der Waals surface area contributed by atoms with Gasteiger partial charge in [-0.1, -0.05) is 18.2 Å². The van der Waals surface area contributed by atoms with E-state index in [-0.39, 0.29) is 17.5 Å². The number of hydrogen-bond donors (Lipinski definition) is 3. The molecule has 3 nitrogen and oxygen atoms in total. The van der Waals surface area contributed by atoms with Crippen LogP contribution in [0.4, 0.5) is 0 Å². The highest BCUT2D eigenvalue weighted by molar-refractivity contribution is 5.44. The predicted molar refractivity (Wildman–Crippen MR) is 68.1 cm³/mol. The van der Waals surface area contributed by atoms with Crippen LogP contribution in [-0.4, -0.2) is 16.3 Å². The number of aromatic hydroxyl groups is 2. The molecule has 92 valence electrons. The molecule has 3 heteroatoms. The Kier molecular flexibility index (Phi) is 3.69. The van der Waals surface area contributed by atoms with Crippen molar-refractivity contribution < 1.29 is 10.2 Å². The Labute approximate surface area is 102 Å². The van der Waals surface area contributed by atoms with Gasteiger partial charge in [0, 0.05) is 12.1 Å². The van der Waals surface area contributed by atoms with Gasteiger partial charge >= 0.3 is 0 Å². The van der Waals surface area contributed by atoms with Crippen molar-refractivity contribution in [3.05, 3.63) is 35.9 Å². The lowest BCUT2D eigenvalue weighted by Gasteiger charge is -2.25. The van der Waals surface area contributed by atoms with Crippen molar-refractivity contribution >= 4 is 0 Å². The van der Waals surface area contributed by atoms with E-state index in [1.54, 1.807) is 18.2 Å². The van der Waals surface area contributed by atoms with Crippen molar-refractivity contribution in [1.82, 2.24) is 5.32 Å². The Balaban J connectivity index is 2.08. The van der Waals surface area contributed by atoms with E-state index >= 15 is 0 Å². The van der Waals surface area contributed by atoms with Crippen LogP contribution in [-0.2, 0) is 0 Å². The van der Waals surface area contributed by atoms with Crippen LogP contribution >= 0.6 is 0 Å². The first-order valence-electron chi connectivity index (χ1n) is 6.10. The molecule has 0 radical (unpaired) electrons. The summed E-state index contributed by atoms with van der Waals surface area (Å²) in [6, 6.07) is 5.23. The maximum absolute atomic E-state index is 9.78. The van der Waals surface area contributed by atoms with Gasteiger partial charge in [-0.2, -0.15) is 0 Å². The molecule has 2 unspecified atom stereocenters. The normalized spacial score (nSPS) is 21.4. The van der Waals surface area contributed by atoms with Crippen molar-refractivity contribution in [2.75, 3.05) is 0 Å². The Morgan fingerprint density at radius 1 is 1.24 bits per heavy atom. The average Bonchev–Trinajstić information content (AvgIpc) is 2.30. The van der Waals surface area contributed by atoms with Crippen LogP contribution in [0, 0.1) is 0 Å². The van der Waals surface area contributed by atoms with E-state index in [4.69, 9.17) is 0 Å². The van der Waals surface area contributed by atoms with E-state index in [2.05, 4.69) is 17.5 Å². The fourth-order valence-corrected chi connectivity index (χ4v) is 2.37. The Morgan fingerprint density at radius 3 is 2.53 bits per heavy atom. The standard InChI is InChI=1S/C14H19NO2/c1-10(15-11-6-3-2-4-7-11)14-12(16)8-5-9-13(14)17/h2-3,5,8-11,15-17H,4,6-7H2,1H3. The minimum atomic E-state index is -0.0484. The highest BCUT2D eigenvalue weighted by Gasteiger charge is 2.18. The number of allylic oxidation sites excluding steroid dienone is 1. The van der Waals surface area contributed by atoms with E-state index in [0.29, 0.717) is 11.6 Å². The molecule has 0 aliphatic heterocycles. The lowest BCUT2D eigenvalue weighted by atomic mass is 9.99. The van der Waals surface area contributed by atoms with Crippen molar-refractivity contribution in [2.24, 2.45) is 0 Å². The third-order valence-corrected chi connectivity index (χ3v) is 3.25. The topological polar surface area (TPSA) is 52.5 Å². The molecule has 2 atom stereocenters. The molecule has 0 heterocycles.